The molecule has 4 aromatic rings. The van der Waals surface area contributed by atoms with Crippen LogP contribution in [0.2, 0.25) is 5.02 Å². The molecule has 0 aliphatic heterocycles. The number of benzene rings is 1. The molecule has 7 nitrogen and oxygen atoms in total. The van der Waals surface area contributed by atoms with E-state index in [1.807, 2.05) is 46.3 Å². The highest BCUT2D eigenvalue weighted by Crippen LogP contribution is 2.33. The zero-order valence-corrected chi connectivity index (χ0v) is 20.7. The van der Waals surface area contributed by atoms with Gasteiger partial charge in [0, 0.05) is 29.4 Å². The summed E-state index contributed by atoms with van der Waals surface area (Å²) in [4.78, 5) is 21.3. The molecule has 1 aliphatic rings. The molecule has 3 aromatic heterocycles. The van der Waals surface area contributed by atoms with Crippen molar-refractivity contribution in [1.82, 2.24) is 30.0 Å². The minimum Gasteiger partial charge on any atom is -0.348 e. The molecular weight excluding hydrogens is 488 g/mol. The summed E-state index contributed by atoms with van der Waals surface area (Å²) in [5.74, 6) is 1.17. The lowest BCUT2D eigenvalue weighted by Gasteiger charge is -2.22. The Morgan fingerprint density at radius 3 is 2.71 bits per heavy atom. The van der Waals surface area contributed by atoms with Crippen LogP contribution in [-0.2, 0) is 5.75 Å². The van der Waals surface area contributed by atoms with Crippen molar-refractivity contribution in [3.8, 4) is 17.1 Å². The van der Waals surface area contributed by atoms with Gasteiger partial charge in [-0.3, -0.25) is 14.3 Å². The summed E-state index contributed by atoms with van der Waals surface area (Å²) in [5, 5.41) is 16.0. The van der Waals surface area contributed by atoms with E-state index in [0.717, 1.165) is 29.1 Å². The number of amides is 1. The van der Waals surface area contributed by atoms with Gasteiger partial charge in [0.15, 0.2) is 11.0 Å². The van der Waals surface area contributed by atoms with Crippen molar-refractivity contribution in [3.05, 3.63) is 69.9 Å². The summed E-state index contributed by atoms with van der Waals surface area (Å²) < 4.78 is 1.95. The maximum absolute atomic E-state index is 12.6. The molecule has 3 heterocycles. The number of nitrogens with zero attached hydrogens (tertiary/aromatic N) is 5. The van der Waals surface area contributed by atoms with Gasteiger partial charge in [-0.05, 0) is 37.1 Å². The van der Waals surface area contributed by atoms with Crippen molar-refractivity contribution in [2.75, 3.05) is 0 Å². The van der Waals surface area contributed by atoms with Crippen molar-refractivity contribution >= 4 is 40.6 Å². The van der Waals surface area contributed by atoms with Crippen LogP contribution >= 0.6 is 34.7 Å². The molecule has 34 heavy (non-hydrogen) atoms. The van der Waals surface area contributed by atoms with Crippen LogP contribution < -0.4 is 5.32 Å². The number of hydrogen-bond donors (Lipinski definition) is 1. The largest absolute Gasteiger partial charge is 0.348 e. The van der Waals surface area contributed by atoms with E-state index in [4.69, 9.17) is 11.6 Å². The highest BCUT2D eigenvalue weighted by Gasteiger charge is 2.20. The van der Waals surface area contributed by atoms with Crippen LogP contribution in [-0.4, -0.2) is 36.7 Å². The van der Waals surface area contributed by atoms with E-state index in [1.54, 1.807) is 12.4 Å². The molecule has 1 N–H and O–H groups in total. The first-order chi connectivity index (χ1) is 16.7. The standard InChI is InChI=1S/C24H23ClN6OS2/c25-18-8-4-5-9-20(18)31-22(16-10-12-26-13-11-16)29-30-24(31)34-15-21-28-19(14-33-21)23(32)27-17-6-2-1-3-7-17/h4-5,8-14,17H,1-3,6-7,15H2,(H,27,32). The van der Waals surface area contributed by atoms with E-state index in [-0.39, 0.29) is 11.9 Å². The first-order valence-electron chi connectivity index (χ1n) is 11.2. The van der Waals surface area contributed by atoms with Gasteiger partial charge in [-0.2, -0.15) is 0 Å². The minimum absolute atomic E-state index is 0.0846. The molecule has 5 rings (SSSR count). The number of rotatable bonds is 7. The molecule has 10 heteroatoms. The fraction of sp³-hybridized carbons (Fsp3) is 0.292. The fourth-order valence-electron chi connectivity index (χ4n) is 4.02. The SMILES string of the molecule is O=C(NC1CCCCC1)c1csc(CSc2nnc(-c3ccncc3)n2-c2ccccc2Cl)n1. The Hall–Kier alpha value is -2.75. The second-order valence-corrected chi connectivity index (χ2v) is 10.3. The predicted molar refractivity (Wildman–Crippen MR) is 136 cm³/mol. The summed E-state index contributed by atoms with van der Waals surface area (Å²) in [7, 11) is 0. The molecule has 1 aliphatic carbocycles. The lowest BCUT2D eigenvalue weighted by molar-refractivity contribution is 0.0923. The Balaban J connectivity index is 1.35. The third kappa shape index (κ3) is 5.16. The number of thiazole rings is 1. The van der Waals surface area contributed by atoms with Gasteiger partial charge < -0.3 is 5.32 Å². The average Bonchev–Trinajstić information content (AvgIpc) is 3.52. The highest BCUT2D eigenvalue weighted by molar-refractivity contribution is 7.98. The minimum atomic E-state index is -0.0846. The van der Waals surface area contributed by atoms with Gasteiger partial charge >= 0.3 is 0 Å². The number of halogens is 1. The van der Waals surface area contributed by atoms with Crippen molar-refractivity contribution < 1.29 is 4.79 Å². The number of thioether (sulfide) groups is 1. The van der Waals surface area contributed by atoms with Crippen LogP contribution in [0.1, 0.15) is 47.6 Å². The van der Waals surface area contributed by atoms with Gasteiger partial charge in [-0.1, -0.05) is 54.8 Å². The van der Waals surface area contributed by atoms with Crippen molar-refractivity contribution in [2.24, 2.45) is 0 Å². The Morgan fingerprint density at radius 1 is 1.12 bits per heavy atom. The summed E-state index contributed by atoms with van der Waals surface area (Å²) in [5.41, 5.74) is 2.18. The molecular formula is C24H23ClN6OS2. The molecule has 0 spiro atoms. The zero-order chi connectivity index (χ0) is 23.3. The second-order valence-electron chi connectivity index (χ2n) is 8.05. The third-order valence-corrected chi connectivity index (χ3v) is 8.01. The first-order valence-corrected chi connectivity index (χ1v) is 13.4. The molecule has 1 saturated carbocycles. The zero-order valence-electron chi connectivity index (χ0n) is 18.4. The molecule has 0 radical (unpaired) electrons. The number of carbonyl (C=O) groups is 1. The number of para-hydroxylation sites is 1. The molecule has 1 aromatic carbocycles. The van der Waals surface area contributed by atoms with Crippen LogP contribution in [0.25, 0.3) is 17.1 Å². The first kappa shape index (κ1) is 23.0. The van der Waals surface area contributed by atoms with Crippen LogP contribution in [0.15, 0.2) is 59.3 Å². The number of hydrogen-bond acceptors (Lipinski definition) is 7. The maximum atomic E-state index is 12.6. The van der Waals surface area contributed by atoms with Crippen molar-refractivity contribution in [1.29, 1.82) is 0 Å². The summed E-state index contributed by atoms with van der Waals surface area (Å²) in [6, 6.07) is 11.7. The van der Waals surface area contributed by atoms with Crippen LogP contribution in [0, 0.1) is 0 Å². The fourth-order valence-corrected chi connectivity index (χ4v) is 5.97. The molecule has 0 atom stereocenters. The van der Waals surface area contributed by atoms with E-state index in [9.17, 15) is 4.79 Å². The Labute approximate surface area is 211 Å². The highest BCUT2D eigenvalue weighted by atomic mass is 35.5. The Kier molecular flexibility index (Phi) is 7.22. The Bertz CT molecular complexity index is 1270. The van der Waals surface area contributed by atoms with Gasteiger partial charge in [0.25, 0.3) is 5.91 Å². The number of nitrogens with one attached hydrogen (secondary N) is 1. The molecule has 1 amide bonds. The quantitative estimate of drug-likeness (QED) is 0.316. The van der Waals surface area contributed by atoms with E-state index >= 15 is 0 Å². The Morgan fingerprint density at radius 2 is 1.91 bits per heavy atom. The maximum Gasteiger partial charge on any atom is 0.270 e. The van der Waals surface area contributed by atoms with Crippen LogP contribution in [0.4, 0.5) is 0 Å². The molecule has 0 unspecified atom stereocenters. The van der Waals surface area contributed by atoms with Crippen molar-refractivity contribution in [3.63, 3.8) is 0 Å². The van der Waals surface area contributed by atoms with Crippen molar-refractivity contribution in [2.45, 2.75) is 49.1 Å². The molecule has 1 fully saturated rings. The van der Waals surface area contributed by atoms with Crippen LogP contribution in [0.5, 0.6) is 0 Å². The summed E-state index contributed by atoms with van der Waals surface area (Å²) in [6.07, 6.45) is 9.17. The number of pyridine rings is 1. The molecule has 0 bridgehead atoms. The normalized spacial score (nSPS) is 14.3. The number of carbonyl (C=O) groups excluding carboxylic acids is 1. The average molecular weight is 511 g/mol. The molecule has 0 saturated heterocycles. The van der Waals surface area contributed by atoms with E-state index in [2.05, 4.69) is 25.5 Å². The predicted octanol–water partition coefficient (Wildman–Crippen LogP) is 5.79. The van der Waals surface area contributed by atoms with E-state index < -0.39 is 0 Å². The lowest BCUT2D eigenvalue weighted by Crippen LogP contribution is -2.36. The van der Waals surface area contributed by atoms with Gasteiger partial charge in [0.1, 0.15) is 10.7 Å². The third-order valence-electron chi connectivity index (χ3n) is 5.71. The van der Waals surface area contributed by atoms with Gasteiger partial charge in [0.05, 0.1) is 16.5 Å². The summed E-state index contributed by atoms with van der Waals surface area (Å²) >= 11 is 9.52. The van der Waals surface area contributed by atoms with Gasteiger partial charge in [-0.15, -0.1) is 21.5 Å². The number of aromatic nitrogens is 5. The van der Waals surface area contributed by atoms with Gasteiger partial charge in [-0.25, -0.2) is 4.98 Å². The van der Waals surface area contributed by atoms with E-state index in [1.165, 1.54) is 42.4 Å². The monoisotopic (exact) mass is 510 g/mol. The lowest BCUT2D eigenvalue weighted by atomic mass is 9.95. The summed E-state index contributed by atoms with van der Waals surface area (Å²) in [6.45, 7) is 0. The molecule has 174 valence electrons. The topological polar surface area (TPSA) is 85.6 Å². The van der Waals surface area contributed by atoms with E-state index in [0.29, 0.717) is 27.5 Å². The van der Waals surface area contributed by atoms with Gasteiger partial charge in [0.2, 0.25) is 0 Å². The van der Waals surface area contributed by atoms with Crippen LogP contribution in [0.3, 0.4) is 0 Å². The smallest absolute Gasteiger partial charge is 0.270 e. The second kappa shape index (κ2) is 10.7.